The minimum absolute atomic E-state index is 0.170. The second kappa shape index (κ2) is 6.09. The maximum absolute atomic E-state index is 11.6. The van der Waals surface area contributed by atoms with Gasteiger partial charge in [-0.1, -0.05) is 13.8 Å². The number of hydrogen-bond acceptors (Lipinski definition) is 5. The molecule has 0 aliphatic heterocycles. The summed E-state index contributed by atoms with van der Waals surface area (Å²) in [6.07, 6.45) is 4.89. The van der Waals surface area contributed by atoms with Gasteiger partial charge in [-0.15, -0.1) is 5.10 Å². The lowest BCUT2D eigenvalue weighted by Gasteiger charge is -2.40. The standard InChI is InChI=1S/C14H24N4O3/c1-4-13(5-2,12(19)20)10-18-11(15-16-17-18)9-14(21-3)7-6-8-14/h4-10H2,1-3H3,(H,19,20). The summed E-state index contributed by atoms with van der Waals surface area (Å²) in [7, 11) is 1.72. The Hall–Kier alpha value is -1.50. The average molecular weight is 296 g/mol. The van der Waals surface area contributed by atoms with Crippen molar-refractivity contribution in [2.75, 3.05) is 7.11 Å². The van der Waals surface area contributed by atoms with E-state index in [-0.39, 0.29) is 5.60 Å². The number of tetrazole rings is 1. The summed E-state index contributed by atoms with van der Waals surface area (Å²) in [5.74, 6) is -0.0804. The monoisotopic (exact) mass is 296 g/mol. The lowest BCUT2D eigenvalue weighted by molar-refractivity contribution is -0.150. The molecule has 1 heterocycles. The number of methoxy groups -OCH3 is 1. The molecule has 1 N–H and O–H groups in total. The van der Waals surface area contributed by atoms with Crippen molar-refractivity contribution in [3.8, 4) is 0 Å². The van der Waals surface area contributed by atoms with Crippen LogP contribution in [0.3, 0.4) is 0 Å². The van der Waals surface area contributed by atoms with Crippen molar-refractivity contribution < 1.29 is 14.6 Å². The SMILES string of the molecule is CCC(CC)(Cn1nnnc1CC1(OC)CCC1)C(=O)O. The summed E-state index contributed by atoms with van der Waals surface area (Å²) < 4.78 is 7.25. The zero-order chi connectivity index (χ0) is 15.5. The van der Waals surface area contributed by atoms with E-state index in [4.69, 9.17) is 4.74 Å². The van der Waals surface area contributed by atoms with Gasteiger partial charge < -0.3 is 9.84 Å². The van der Waals surface area contributed by atoms with Crippen molar-refractivity contribution >= 4 is 5.97 Å². The molecule has 1 aliphatic carbocycles. The highest BCUT2D eigenvalue weighted by atomic mass is 16.5. The fourth-order valence-electron chi connectivity index (χ4n) is 2.92. The van der Waals surface area contributed by atoms with Crippen LogP contribution in [0.4, 0.5) is 0 Å². The van der Waals surface area contributed by atoms with Gasteiger partial charge in [-0.2, -0.15) is 0 Å². The topological polar surface area (TPSA) is 90.1 Å². The number of carboxylic acid groups (broad SMARTS) is 1. The first-order chi connectivity index (χ1) is 10.0. The molecule has 0 spiro atoms. The molecule has 1 aliphatic rings. The van der Waals surface area contributed by atoms with Crippen LogP contribution in [0.2, 0.25) is 0 Å². The zero-order valence-electron chi connectivity index (χ0n) is 13.0. The molecule has 0 amide bonds. The first kappa shape index (κ1) is 15.9. The van der Waals surface area contributed by atoms with E-state index in [0.717, 1.165) is 19.3 Å². The smallest absolute Gasteiger partial charge is 0.311 e. The number of hydrogen-bond donors (Lipinski definition) is 1. The largest absolute Gasteiger partial charge is 0.481 e. The molecule has 7 heteroatoms. The van der Waals surface area contributed by atoms with Crippen LogP contribution < -0.4 is 0 Å². The van der Waals surface area contributed by atoms with Crippen molar-refractivity contribution in [1.29, 1.82) is 0 Å². The zero-order valence-corrected chi connectivity index (χ0v) is 13.0. The van der Waals surface area contributed by atoms with E-state index >= 15 is 0 Å². The van der Waals surface area contributed by atoms with Crippen LogP contribution in [0.5, 0.6) is 0 Å². The van der Waals surface area contributed by atoms with Gasteiger partial charge in [-0.05, 0) is 42.5 Å². The Bertz CT molecular complexity index is 487. The van der Waals surface area contributed by atoms with Crippen molar-refractivity contribution in [1.82, 2.24) is 20.2 Å². The lowest BCUT2D eigenvalue weighted by Crippen LogP contribution is -2.43. The fraction of sp³-hybridized carbons (Fsp3) is 0.857. The highest BCUT2D eigenvalue weighted by Crippen LogP contribution is 2.38. The van der Waals surface area contributed by atoms with E-state index in [9.17, 15) is 9.90 Å². The van der Waals surface area contributed by atoms with Gasteiger partial charge in [0.2, 0.25) is 0 Å². The van der Waals surface area contributed by atoms with Gasteiger partial charge in [-0.3, -0.25) is 4.79 Å². The summed E-state index contributed by atoms with van der Waals surface area (Å²) in [4.78, 5) is 11.6. The van der Waals surface area contributed by atoms with Crippen LogP contribution in [-0.2, 0) is 22.5 Å². The molecular weight excluding hydrogens is 272 g/mol. The Balaban J connectivity index is 2.18. The quantitative estimate of drug-likeness (QED) is 0.785. The Labute approximate surface area is 124 Å². The summed E-state index contributed by atoms with van der Waals surface area (Å²) in [5.41, 5.74) is -0.985. The summed E-state index contributed by atoms with van der Waals surface area (Å²) in [5, 5.41) is 21.3. The molecule has 118 valence electrons. The number of ether oxygens (including phenoxy) is 1. The maximum Gasteiger partial charge on any atom is 0.311 e. The molecule has 0 radical (unpaired) electrons. The first-order valence-electron chi connectivity index (χ1n) is 7.54. The van der Waals surface area contributed by atoms with Gasteiger partial charge in [0.1, 0.15) is 0 Å². The van der Waals surface area contributed by atoms with Gasteiger partial charge in [0.05, 0.1) is 17.6 Å². The molecule has 7 nitrogen and oxygen atoms in total. The molecule has 0 saturated heterocycles. The van der Waals surface area contributed by atoms with Crippen molar-refractivity contribution in [3.63, 3.8) is 0 Å². The highest BCUT2D eigenvalue weighted by molar-refractivity contribution is 5.74. The Morgan fingerprint density at radius 1 is 1.43 bits per heavy atom. The number of aromatic nitrogens is 4. The summed E-state index contributed by atoms with van der Waals surface area (Å²) in [6, 6.07) is 0. The number of carbonyl (C=O) groups is 1. The van der Waals surface area contributed by atoms with Gasteiger partial charge >= 0.3 is 5.97 Å². The van der Waals surface area contributed by atoms with Crippen LogP contribution in [0.1, 0.15) is 51.8 Å². The molecule has 0 unspecified atom stereocenters. The molecule has 1 aromatic rings. The third-order valence-electron chi connectivity index (χ3n) is 5.04. The number of nitrogens with zero attached hydrogens (tertiary/aromatic N) is 4. The third kappa shape index (κ3) is 2.92. The second-order valence-electron chi connectivity index (χ2n) is 5.96. The predicted octanol–water partition coefficient (Wildman–Crippen LogP) is 1.68. The van der Waals surface area contributed by atoms with Crippen LogP contribution in [0, 0.1) is 5.41 Å². The van der Waals surface area contributed by atoms with E-state index in [2.05, 4.69) is 15.5 Å². The van der Waals surface area contributed by atoms with Crippen molar-refractivity contribution in [2.24, 2.45) is 5.41 Å². The Morgan fingerprint density at radius 3 is 2.52 bits per heavy atom. The molecule has 0 bridgehead atoms. The molecule has 1 fully saturated rings. The number of rotatable bonds is 8. The van der Waals surface area contributed by atoms with Crippen LogP contribution in [0.15, 0.2) is 0 Å². The molecule has 1 saturated carbocycles. The van der Waals surface area contributed by atoms with E-state index in [1.165, 1.54) is 0 Å². The predicted molar refractivity (Wildman–Crippen MR) is 75.8 cm³/mol. The Morgan fingerprint density at radius 2 is 2.10 bits per heavy atom. The number of aliphatic carboxylic acids is 1. The van der Waals surface area contributed by atoms with Crippen molar-refractivity contribution in [2.45, 2.75) is 64.5 Å². The normalized spacial score (nSPS) is 17.5. The first-order valence-corrected chi connectivity index (χ1v) is 7.54. The fourth-order valence-corrected chi connectivity index (χ4v) is 2.92. The van der Waals surface area contributed by atoms with E-state index in [0.29, 0.717) is 31.6 Å². The highest BCUT2D eigenvalue weighted by Gasteiger charge is 2.40. The summed E-state index contributed by atoms with van der Waals surface area (Å²) in [6.45, 7) is 4.09. The van der Waals surface area contributed by atoms with Gasteiger partial charge in [-0.25, -0.2) is 4.68 Å². The van der Waals surface area contributed by atoms with Gasteiger partial charge in [0.15, 0.2) is 5.82 Å². The van der Waals surface area contributed by atoms with Crippen molar-refractivity contribution in [3.05, 3.63) is 5.82 Å². The third-order valence-corrected chi connectivity index (χ3v) is 5.04. The Kier molecular flexibility index (Phi) is 4.61. The minimum atomic E-state index is -0.815. The summed E-state index contributed by atoms with van der Waals surface area (Å²) >= 11 is 0. The van der Waals surface area contributed by atoms with E-state index in [1.807, 2.05) is 13.8 Å². The molecule has 21 heavy (non-hydrogen) atoms. The lowest BCUT2D eigenvalue weighted by atomic mass is 9.77. The van der Waals surface area contributed by atoms with Gasteiger partial charge in [0.25, 0.3) is 0 Å². The molecule has 1 aromatic heterocycles. The van der Waals surface area contributed by atoms with Crippen LogP contribution >= 0.6 is 0 Å². The minimum Gasteiger partial charge on any atom is -0.481 e. The molecule has 0 aromatic carbocycles. The van der Waals surface area contributed by atoms with Gasteiger partial charge in [0, 0.05) is 13.5 Å². The molecule has 2 rings (SSSR count). The molecule has 0 atom stereocenters. The van der Waals surface area contributed by atoms with Crippen LogP contribution in [-0.4, -0.2) is 44.0 Å². The number of carboxylic acids is 1. The maximum atomic E-state index is 11.6. The average Bonchev–Trinajstić information content (AvgIpc) is 2.86. The van der Waals surface area contributed by atoms with E-state index < -0.39 is 11.4 Å². The van der Waals surface area contributed by atoms with Crippen LogP contribution in [0.25, 0.3) is 0 Å². The van der Waals surface area contributed by atoms with E-state index in [1.54, 1.807) is 11.8 Å². The second-order valence-corrected chi connectivity index (χ2v) is 5.96. The molecular formula is C14H24N4O3.